The fraction of sp³-hybridized carbons (Fsp3) is 0.667. The molecule has 0 saturated carbocycles. The van der Waals surface area contributed by atoms with Crippen LogP contribution in [0.5, 0.6) is 6.01 Å². The Labute approximate surface area is 65.0 Å². The van der Waals surface area contributed by atoms with Gasteiger partial charge in [0.05, 0.1) is 7.11 Å². The van der Waals surface area contributed by atoms with Crippen LogP contribution in [0.15, 0.2) is 0 Å². The first-order chi connectivity index (χ1) is 5.22. The van der Waals surface area contributed by atoms with Gasteiger partial charge in [0.1, 0.15) is 5.82 Å². The Kier molecular flexibility index (Phi) is 2.43. The molecule has 5 nitrogen and oxygen atoms in total. The number of aromatic nitrogens is 3. The van der Waals surface area contributed by atoms with Gasteiger partial charge in [-0.15, -0.1) is 5.10 Å². The van der Waals surface area contributed by atoms with Crippen LogP contribution in [0, 0.1) is 0 Å². The minimum absolute atomic E-state index is 0.0904. The maximum atomic E-state index is 5.55. The van der Waals surface area contributed by atoms with Crippen molar-refractivity contribution in [3.05, 3.63) is 5.82 Å². The van der Waals surface area contributed by atoms with E-state index >= 15 is 0 Å². The predicted molar refractivity (Wildman–Crippen MR) is 40.3 cm³/mol. The van der Waals surface area contributed by atoms with E-state index in [1.165, 1.54) is 7.11 Å². The van der Waals surface area contributed by atoms with Crippen LogP contribution in [-0.4, -0.2) is 28.3 Å². The van der Waals surface area contributed by atoms with Gasteiger partial charge in [0.2, 0.25) is 0 Å². The lowest BCUT2D eigenvalue weighted by Crippen LogP contribution is -2.18. The fourth-order valence-electron chi connectivity index (χ4n) is 0.765. The Morgan fingerprint density at radius 2 is 2.45 bits per heavy atom. The second-order valence-corrected chi connectivity index (χ2v) is 2.45. The zero-order valence-corrected chi connectivity index (χ0v) is 6.66. The number of nitrogens with zero attached hydrogens (tertiary/aromatic N) is 2. The number of hydrogen-bond acceptors (Lipinski definition) is 4. The quantitative estimate of drug-likeness (QED) is 0.630. The van der Waals surface area contributed by atoms with Gasteiger partial charge in [-0.05, 0) is 6.92 Å². The molecular weight excluding hydrogens is 144 g/mol. The highest BCUT2D eigenvalue weighted by Gasteiger charge is 2.03. The molecule has 0 saturated heterocycles. The molecule has 1 atom stereocenters. The van der Waals surface area contributed by atoms with Gasteiger partial charge in [-0.1, -0.05) is 0 Å². The summed E-state index contributed by atoms with van der Waals surface area (Å²) in [7, 11) is 1.53. The lowest BCUT2D eigenvalue weighted by Gasteiger charge is -1.98. The number of ether oxygens (including phenoxy) is 1. The molecule has 0 fully saturated rings. The molecule has 1 unspecified atom stereocenters. The third-order valence-electron chi connectivity index (χ3n) is 1.21. The van der Waals surface area contributed by atoms with E-state index < -0.39 is 0 Å². The Morgan fingerprint density at radius 3 is 2.91 bits per heavy atom. The minimum atomic E-state index is 0.0904. The summed E-state index contributed by atoms with van der Waals surface area (Å²) < 4.78 is 4.78. The summed E-state index contributed by atoms with van der Waals surface area (Å²) in [5, 5.41) is 6.50. The molecule has 0 spiro atoms. The number of aromatic amines is 1. The van der Waals surface area contributed by atoms with E-state index in [1.54, 1.807) is 0 Å². The van der Waals surface area contributed by atoms with Gasteiger partial charge in [-0.25, -0.2) is 0 Å². The lowest BCUT2D eigenvalue weighted by atomic mass is 10.2. The van der Waals surface area contributed by atoms with Crippen LogP contribution in [0.3, 0.4) is 0 Å². The van der Waals surface area contributed by atoms with E-state index in [0.29, 0.717) is 12.4 Å². The maximum absolute atomic E-state index is 5.55. The molecule has 62 valence electrons. The highest BCUT2D eigenvalue weighted by Crippen LogP contribution is 2.01. The molecule has 1 heterocycles. The summed E-state index contributed by atoms with van der Waals surface area (Å²) in [6.07, 6.45) is 0.691. The second-order valence-electron chi connectivity index (χ2n) is 2.45. The standard InChI is InChI=1S/C6H12N4O/c1-4(7)3-5-8-6(11-2)10-9-5/h4H,3,7H2,1-2H3,(H,8,9,10). The summed E-state index contributed by atoms with van der Waals surface area (Å²) in [5.74, 6) is 0.761. The van der Waals surface area contributed by atoms with Gasteiger partial charge in [0.25, 0.3) is 0 Å². The van der Waals surface area contributed by atoms with Crippen LogP contribution in [0.1, 0.15) is 12.7 Å². The first-order valence-electron chi connectivity index (χ1n) is 3.43. The van der Waals surface area contributed by atoms with Crippen molar-refractivity contribution in [2.75, 3.05) is 7.11 Å². The summed E-state index contributed by atoms with van der Waals surface area (Å²) in [4.78, 5) is 4.00. The smallest absolute Gasteiger partial charge is 0.335 e. The molecule has 1 rings (SSSR count). The summed E-state index contributed by atoms with van der Waals surface area (Å²) in [6, 6.07) is 0.452. The van der Waals surface area contributed by atoms with Crippen LogP contribution in [0.25, 0.3) is 0 Å². The Balaban J connectivity index is 2.58. The van der Waals surface area contributed by atoms with Crippen LogP contribution < -0.4 is 10.5 Å². The molecule has 1 aromatic heterocycles. The van der Waals surface area contributed by atoms with Crippen molar-refractivity contribution in [2.24, 2.45) is 5.73 Å². The van der Waals surface area contributed by atoms with Crippen molar-refractivity contribution in [2.45, 2.75) is 19.4 Å². The van der Waals surface area contributed by atoms with Crippen molar-refractivity contribution < 1.29 is 4.74 Å². The van der Waals surface area contributed by atoms with Crippen molar-refractivity contribution in [1.29, 1.82) is 0 Å². The van der Waals surface area contributed by atoms with Gasteiger partial charge in [0, 0.05) is 12.5 Å². The normalized spacial score (nSPS) is 13.0. The molecule has 5 heteroatoms. The highest BCUT2D eigenvalue weighted by molar-refractivity contribution is 4.95. The van der Waals surface area contributed by atoms with E-state index in [9.17, 15) is 0 Å². The van der Waals surface area contributed by atoms with Crippen molar-refractivity contribution >= 4 is 0 Å². The topological polar surface area (TPSA) is 76.8 Å². The number of nitrogens with one attached hydrogen (secondary N) is 1. The summed E-state index contributed by atoms with van der Waals surface area (Å²) in [5.41, 5.74) is 5.55. The number of methoxy groups -OCH3 is 1. The molecule has 0 bridgehead atoms. The number of rotatable bonds is 3. The zero-order chi connectivity index (χ0) is 8.27. The molecule has 0 amide bonds. The number of hydrogen-bond donors (Lipinski definition) is 2. The highest BCUT2D eigenvalue weighted by atomic mass is 16.5. The summed E-state index contributed by atoms with van der Waals surface area (Å²) in [6.45, 7) is 1.91. The van der Waals surface area contributed by atoms with E-state index in [0.717, 1.165) is 5.82 Å². The van der Waals surface area contributed by atoms with Gasteiger partial charge in [0.15, 0.2) is 0 Å². The van der Waals surface area contributed by atoms with Crippen molar-refractivity contribution in [3.8, 4) is 6.01 Å². The molecule has 0 aliphatic heterocycles. The molecule has 3 N–H and O–H groups in total. The van der Waals surface area contributed by atoms with Gasteiger partial charge >= 0.3 is 6.01 Å². The molecule has 0 radical (unpaired) electrons. The number of nitrogens with two attached hydrogens (primary N) is 1. The van der Waals surface area contributed by atoms with Crippen LogP contribution in [0.2, 0.25) is 0 Å². The average Bonchev–Trinajstić information content (AvgIpc) is 2.34. The average molecular weight is 156 g/mol. The van der Waals surface area contributed by atoms with Crippen LogP contribution in [-0.2, 0) is 6.42 Å². The Bertz CT molecular complexity index is 220. The van der Waals surface area contributed by atoms with E-state index in [4.69, 9.17) is 10.5 Å². The minimum Gasteiger partial charge on any atom is -0.466 e. The molecule has 1 aromatic rings. The Hall–Kier alpha value is -1.10. The van der Waals surface area contributed by atoms with E-state index in [-0.39, 0.29) is 6.04 Å². The number of H-pyrrole nitrogens is 1. The Morgan fingerprint density at radius 1 is 1.73 bits per heavy atom. The molecular formula is C6H12N4O. The van der Waals surface area contributed by atoms with Crippen molar-refractivity contribution in [1.82, 2.24) is 15.2 Å². The summed E-state index contributed by atoms with van der Waals surface area (Å²) >= 11 is 0. The largest absolute Gasteiger partial charge is 0.466 e. The first kappa shape index (κ1) is 8.00. The zero-order valence-electron chi connectivity index (χ0n) is 6.66. The molecule has 0 aliphatic carbocycles. The third-order valence-corrected chi connectivity index (χ3v) is 1.21. The van der Waals surface area contributed by atoms with Gasteiger partial charge in [-0.2, -0.15) is 4.98 Å². The van der Waals surface area contributed by atoms with E-state index in [1.807, 2.05) is 6.92 Å². The molecule has 0 aromatic carbocycles. The van der Waals surface area contributed by atoms with Crippen LogP contribution in [0.4, 0.5) is 0 Å². The van der Waals surface area contributed by atoms with Gasteiger partial charge < -0.3 is 10.5 Å². The SMILES string of the molecule is COc1n[nH]c(CC(C)N)n1. The maximum Gasteiger partial charge on any atom is 0.335 e. The fourth-order valence-corrected chi connectivity index (χ4v) is 0.765. The van der Waals surface area contributed by atoms with Crippen molar-refractivity contribution in [3.63, 3.8) is 0 Å². The predicted octanol–water partition coefficient (Wildman–Crippen LogP) is -0.297. The second kappa shape index (κ2) is 3.34. The third kappa shape index (κ3) is 2.19. The first-order valence-corrected chi connectivity index (χ1v) is 3.43. The molecule has 11 heavy (non-hydrogen) atoms. The monoisotopic (exact) mass is 156 g/mol. The van der Waals surface area contributed by atoms with Gasteiger partial charge in [-0.3, -0.25) is 5.10 Å². The van der Waals surface area contributed by atoms with E-state index in [2.05, 4.69) is 15.2 Å². The lowest BCUT2D eigenvalue weighted by molar-refractivity contribution is 0.381. The molecule has 0 aliphatic rings. The van der Waals surface area contributed by atoms with Crippen LogP contribution >= 0.6 is 0 Å².